The zero-order valence-corrected chi connectivity index (χ0v) is 24.2. The zero-order chi connectivity index (χ0) is 30.6. The van der Waals surface area contributed by atoms with E-state index in [1.807, 2.05) is 0 Å². The summed E-state index contributed by atoms with van der Waals surface area (Å²) in [7, 11) is -0.173. The Balaban J connectivity index is 1.44. The van der Waals surface area contributed by atoms with Crippen molar-refractivity contribution in [3.63, 3.8) is 0 Å². The summed E-state index contributed by atoms with van der Waals surface area (Å²) in [5.74, 6) is -2.92. The second-order valence-corrected chi connectivity index (χ2v) is 12.9. The highest BCUT2D eigenvalue weighted by molar-refractivity contribution is 6.31. The van der Waals surface area contributed by atoms with E-state index in [0.29, 0.717) is 29.1 Å². The van der Waals surface area contributed by atoms with Gasteiger partial charge in [0.25, 0.3) is 0 Å². The predicted molar refractivity (Wildman–Crippen MR) is 152 cm³/mol. The van der Waals surface area contributed by atoms with Crippen molar-refractivity contribution in [1.82, 2.24) is 10.6 Å². The van der Waals surface area contributed by atoms with Crippen LogP contribution in [0.25, 0.3) is 0 Å². The second-order valence-electron chi connectivity index (χ2n) is 12.0. The number of rotatable bonds is 7. The summed E-state index contributed by atoms with van der Waals surface area (Å²) in [5.41, 5.74) is -3.33. The van der Waals surface area contributed by atoms with Gasteiger partial charge in [-0.1, -0.05) is 41.4 Å². The first-order chi connectivity index (χ1) is 20.6. The molecule has 226 valence electrons. The lowest BCUT2D eigenvalue weighted by atomic mass is 9.46. The third kappa shape index (κ3) is 4.36. The number of hydrogen-bond donors (Lipinski definition) is 3. The van der Waals surface area contributed by atoms with Gasteiger partial charge in [-0.3, -0.25) is 23.7 Å². The Labute approximate surface area is 253 Å². The summed E-state index contributed by atoms with van der Waals surface area (Å²) in [6.07, 6.45) is 0.795. The van der Waals surface area contributed by atoms with Gasteiger partial charge < -0.3 is 20.1 Å². The van der Waals surface area contributed by atoms with Gasteiger partial charge in [-0.05, 0) is 55.0 Å². The molecule has 0 unspecified atom stereocenters. The third-order valence-corrected chi connectivity index (χ3v) is 10.1. The molecular weight excluding hydrogens is 594 g/mol. The van der Waals surface area contributed by atoms with E-state index < -0.39 is 59.3 Å². The summed E-state index contributed by atoms with van der Waals surface area (Å²) in [4.78, 5) is 28.5. The number of methoxy groups -OCH3 is 1. The number of fused-ring (bicyclic) bond motifs is 3. The van der Waals surface area contributed by atoms with Gasteiger partial charge in [-0.25, -0.2) is 4.39 Å². The van der Waals surface area contributed by atoms with Crippen LogP contribution in [0.2, 0.25) is 10.0 Å². The number of alkyl halides is 2. The van der Waals surface area contributed by atoms with Crippen LogP contribution in [-0.4, -0.2) is 69.2 Å². The normalized spacial score (nSPS) is 31.0. The van der Waals surface area contributed by atoms with Gasteiger partial charge in [0, 0.05) is 34.7 Å². The molecule has 12 heteroatoms. The molecule has 6 rings (SSSR count). The topological polar surface area (TPSA) is 88.7 Å². The Bertz CT molecular complexity index is 1420. The number of anilines is 1. The SMILES string of the molecule is [2H]COC[C@@H]1CC[C@@H](NC(=O)[C@@H]2NC3(CC(CF)(CF)C3)[C@@]3(C(=O)Nc4cc(Cl)ccc43)[C@H]2c2cccc(Cl)c2F)CO1. The lowest BCUT2D eigenvalue weighted by molar-refractivity contribution is -0.131. The molecule has 2 aromatic carbocycles. The molecular formula is C30H32Cl2F3N3O4. The van der Waals surface area contributed by atoms with Crippen LogP contribution in [0, 0.1) is 11.2 Å². The molecule has 4 aliphatic rings. The number of hydrogen-bond acceptors (Lipinski definition) is 5. The number of ether oxygens (including phenoxy) is 2. The standard InChI is InChI=1S/C30H32Cl2F3N3O4/c1-41-11-18-7-6-17(10-42-18)36-26(39)25-23(19-3-2-4-21(32)24(19)35)30(29(38-25)12-28(13-29,14-33)15-34)20-8-5-16(31)9-22(20)37-27(30)40/h2-5,8-9,17-18,23,25,38H,6-7,10-15H2,1H3,(H,36,39)(H,37,40)/t17-,18+,23+,25-,30-/m1/s1/i1D. The van der Waals surface area contributed by atoms with Gasteiger partial charge in [0.1, 0.15) is 11.2 Å². The van der Waals surface area contributed by atoms with Crippen LogP contribution in [0.5, 0.6) is 0 Å². The van der Waals surface area contributed by atoms with E-state index in [0.717, 1.165) is 0 Å². The van der Waals surface area contributed by atoms with Crippen LogP contribution < -0.4 is 16.0 Å². The third-order valence-electron chi connectivity index (χ3n) is 9.54. The molecule has 1 aliphatic carbocycles. The number of nitrogens with one attached hydrogen (secondary N) is 3. The molecule has 2 amide bonds. The summed E-state index contributed by atoms with van der Waals surface area (Å²) >= 11 is 12.5. The molecule has 1 saturated carbocycles. The highest BCUT2D eigenvalue weighted by Gasteiger charge is 2.78. The van der Waals surface area contributed by atoms with Crippen molar-refractivity contribution in [1.29, 1.82) is 0 Å². The predicted octanol–water partition coefficient (Wildman–Crippen LogP) is 4.85. The Hall–Kier alpha value is -2.37. The van der Waals surface area contributed by atoms with Gasteiger partial charge in [-0.2, -0.15) is 0 Å². The fourth-order valence-electron chi connectivity index (χ4n) is 7.83. The molecule has 3 aliphatic heterocycles. The Kier molecular flexibility index (Phi) is 7.42. The summed E-state index contributed by atoms with van der Waals surface area (Å²) in [6.45, 7) is -1.42. The fourth-order valence-corrected chi connectivity index (χ4v) is 8.19. The largest absolute Gasteiger partial charge is 0.382 e. The van der Waals surface area contributed by atoms with Crippen LogP contribution >= 0.6 is 23.2 Å². The molecule has 0 aromatic heterocycles. The maximum atomic E-state index is 15.9. The van der Waals surface area contributed by atoms with Crippen LogP contribution in [0.1, 0.15) is 44.1 Å². The van der Waals surface area contributed by atoms with Crippen molar-refractivity contribution in [2.75, 3.05) is 39.0 Å². The monoisotopic (exact) mass is 626 g/mol. The second kappa shape index (κ2) is 11.0. The molecule has 7 nitrogen and oxygen atoms in total. The van der Waals surface area contributed by atoms with Crippen molar-refractivity contribution in [3.05, 3.63) is 63.4 Å². The number of carbonyl (C=O) groups excluding carboxylic acids is 2. The average molecular weight is 628 g/mol. The Morgan fingerprint density at radius 1 is 1.21 bits per heavy atom. The van der Waals surface area contributed by atoms with Crippen molar-refractivity contribution in [2.24, 2.45) is 5.41 Å². The van der Waals surface area contributed by atoms with Gasteiger partial charge in [-0.15, -0.1) is 0 Å². The van der Waals surface area contributed by atoms with Gasteiger partial charge in [0.15, 0.2) is 0 Å². The Morgan fingerprint density at radius 2 is 2.00 bits per heavy atom. The van der Waals surface area contributed by atoms with E-state index in [1.165, 1.54) is 12.1 Å². The van der Waals surface area contributed by atoms with Crippen LogP contribution in [0.15, 0.2) is 36.4 Å². The number of carbonyl (C=O) groups is 2. The molecule has 42 heavy (non-hydrogen) atoms. The fraction of sp³-hybridized carbons (Fsp3) is 0.533. The average Bonchev–Trinajstić information content (AvgIpc) is 3.45. The van der Waals surface area contributed by atoms with E-state index in [2.05, 4.69) is 16.0 Å². The summed E-state index contributed by atoms with van der Waals surface area (Å²) < 4.78 is 62.6. The van der Waals surface area contributed by atoms with Crippen LogP contribution in [0.4, 0.5) is 18.9 Å². The lowest BCUT2D eigenvalue weighted by Crippen LogP contribution is -2.70. The van der Waals surface area contributed by atoms with E-state index in [1.54, 1.807) is 24.3 Å². The van der Waals surface area contributed by atoms with Gasteiger partial charge >= 0.3 is 0 Å². The van der Waals surface area contributed by atoms with Crippen molar-refractivity contribution >= 4 is 40.7 Å². The van der Waals surface area contributed by atoms with Gasteiger partial charge in [0.2, 0.25) is 11.8 Å². The molecule has 2 saturated heterocycles. The van der Waals surface area contributed by atoms with Crippen LogP contribution in [0.3, 0.4) is 0 Å². The quantitative estimate of drug-likeness (QED) is 0.409. The highest BCUT2D eigenvalue weighted by Crippen LogP contribution is 2.68. The van der Waals surface area contributed by atoms with E-state index in [4.69, 9.17) is 34.0 Å². The maximum absolute atomic E-state index is 15.9. The minimum Gasteiger partial charge on any atom is -0.382 e. The molecule has 2 aromatic rings. The molecule has 2 spiro atoms. The molecule has 3 heterocycles. The van der Waals surface area contributed by atoms with Crippen molar-refractivity contribution < 1.29 is 33.6 Å². The highest BCUT2D eigenvalue weighted by atomic mass is 35.5. The lowest BCUT2D eigenvalue weighted by Gasteiger charge is -2.59. The smallest absolute Gasteiger partial charge is 0.238 e. The van der Waals surface area contributed by atoms with Crippen molar-refractivity contribution in [3.8, 4) is 0 Å². The minimum absolute atomic E-state index is 0.0421. The first-order valence-electron chi connectivity index (χ1n) is 14.6. The molecule has 3 N–H and O–H groups in total. The Morgan fingerprint density at radius 3 is 2.69 bits per heavy atom. The van der Waals surface area contributed by atoms with E-state index >= 15 is 4.39 Å². The van der Waals surface area contributed by atoms with Crippen LogP contribution in [-0.2, 0) is 24.5 Å². The van der Waals surface area contributed by atoms with E-state index in [-0.39, 0.29) is 55.9 Å². The zero-order valence-electron chi connectivity index (χ0n) is 23.7. The minimum atomic E-state index is -1.62. The number of halogens is 5. The molecule has 5 atom stereocenters. The number of benzene rings is 2. The van der Waals surface area contributed by atoms with Crippen molar-refractivity contribution in [2.45, 2.75) is 60.7 Å². The summed E-state index contributed by atoms with van der Waals surface area (Å²) in [5, 5.41) is 9.38. The summed E-state index contributed by atoms with van der Waals surface area (Å²) in [6, 6.07) is 7.72. The first kappa shape index (κ1) is 28.4. The molecule has 0 radical (unpaired) electrons. The number of amides is 2. The molecule has 3 fully saturated rings. The first-order valence-corrected chi connectivity index (χ1v) is 14.6. The van der Waals surface area contributed by atoms with Gasteiger partial charge in [0.05, 0.1) is 51.1 Å². The molecule has 0 bridgehead atoms. The maximum Gasteiger partial charge on any atom is 0.238 e. The van der Waals surface area contributed by atoms with E-state index in [9.17, 15) is 18.4 Å².